The monoisotopic (exact) mass is 430 g/mol. The molecule has 0 aliphatic rings. The first kappa shape index (κ1) is 18.6. The summed E-state index contributed by atoms with van der Waals surface area (Å²) in [4.78, 5) is 28.0. The van der Waals surface area contributed by atoms with Crippen LogP contribution in [0.3, 0.4) is 0 Å². The zero-order valence-corrected chi connectivity index (χ0v) is 15.7. The fraction of sp³-hybridized carbons (Fsp3) is 0.111. The third-order valence-corrected chi connectivity index (χ3v) is 4.37. The number of benzene rings is 2. The van der Waals surface area contributed by atoms with Gasteiger partial charge in [0.15, 0.2) is 6.04 Å². The van der Waals surface area contributed by atoms with Gasteiger partial charge in [-0.15, -0.1) is 0 Å². The number of rotatable bonds is 5. The number of aryl methyl sites for hydroxylation is 1. The Morgan fingerprint density at radius 3 is 2.63 bits per heavy atom. The first-order chi connectivity index (χ1) is 12.9. The van der Waals surface area contributed by atoms with Crippen LogP contribution in [0.1, 0.15) is 17.5 Å². The van der Waals surface area contributed by atoms with E-state index < -0.39 is 18.0 Å². The van der Waals surface area contributed by atoms with Gasteiger partial charge in [-0.05, 0) is 23.8 Å². The lowest BCUT2D eigenvalue weighted by Crippen LogP contribution is -2.36. The fourth-order valence-corrected chi connectivity index (χ4v) is 2.95. The van der Waals surface area contributed by atoms with E-state index in [9.17, 15) is 14.7 Å². The van der Waals surface area contributed by atoms with Crippen LogP contribution in [-0.2, 0) is 4.79 Å². The van der Waals surface area contributed by atoms with E-state index in [0.29, 0.717) is 33.0 Å². The highest BCUT2D eigenvalue weighted by molar-refractivity contribution is 9.10. The van der Waals surface area contributed by atoms with Crippen LogP contribution in [0.15, 0.2) is 57.5 Å². The Kier molecular flexibility index (Phi) is 5.51. The summed E-state index contributed by atoms with van der Waals surface area (Å²) in [5.41, 5.74) is 1.56. The molecule has 0 bridgehead atoms. The number of carbonyl (C=O) groups is 2. The minimum Gasteiger partial charge on any atom is -0.479 e. The topological polar surface area (TPSA) is 117 Å². The van der Waals surface area contributed by atoms with Crippen molar-refractivity contribution in [1.82, 2.24) is 15.5 Å². The summed E-state index contributed by atoms with van der Waals surface area (Å²) in [5.74, 6) is -0.347. The number of hydrogen-bond donors (Lipinski definition) is 3. The average Bonchev–Trinajstić information content (AvgIpc) is 3.07. The second-order valence-corrected chi connectivity index (χ2v) is 6.46. The maximum absolute atomic E-state index is 12.3. The molecular formula is C18H15BrN4O4. The van der Waals surface area contributed by atoms with Crippen molar-refractivity contribution in [3.63, 3.8) is 0 Å². The summed E-state index contributed by atoms with van der Waals surface area (Å²) in [6, 6.07) is 11.8. The van der Waals surface area contributed by atoms with Crippen molar-refractivity contribution in [3.05, 3.63) is 64.5 Å². The molecule has 3 rings (SSSR count). The number of hydrogen-bond acceptors (Lipinski definition) is 5. The number of urea groups is 1. The fourth-order valence-electron chi connectivity index (χ4n) is 2.43. The molecule has 0 saturated carbocycles. The average molecular weight is 431 g/mol. The molecule has 0 aliphatic heterocycles. The lowest BCUT2D eigenvalue weighted by Gasteiger charge is -2.17. The third-order valence-electron chi connectivity index (χ3n) is 3.64. The SMILES string of the molecule is Cc1nc(-c2cccc(NC(=O)NC(C(=O)O)c3ccccc3Br)c2)no1. The number of nitrogens with one attached hydrogen (secondary N) is 2. The highest BCUT2D eigenvalue weighted by atomic mass is 79.9. The maximum atomic E-state index is 12.3. The third kappa shape index (κ3) is 4.50. The molecule has 3 aromatic rings. The molecular weight excluding hydrogens is 416 g/mol. The number of halogens is 1. The van der Waals surface area contributed by atoms with Gasteiger partial charge in [0.05, 0.1) is 0 Å². The lowest BCUT2D eigenvalue weighted by atomic mass is 10.1. The first-order valence-corrected chi connectivity index (χ1v) is 8.69. The van der Waals surface area contributed by atoms with Gasteiger partial charge < -0.3 is 20.3 Å². The van der Waals surface area contributed by atoms with E-state index in [0.717, 1.165) is 0 Å². The predicted octanol–water partition coefficient (Wildman–Crippen LogP) is 3.75. The first-order valence-electron chi connectivity index (χ1n) is 7.89. The molecule has 1 unspecified atom stereocenters. The van der Waals surface area contributed by atoms with E-state index in [1.165, 1.54) is 0 Å². The number of carboxylic acids is 1. The Balaban J connectivity index is 1.75. The van der Waals surface area contributed by atoms with Crippen molar-refractivity contribution in [3.8, 4) is 11.4 Å². The van der Waals surface area contributed by atoms with Gasteiger partial charge >= 0.3 is 12.0 Å². The van der Waals surface area contributed by atoms with Crippen LogP contribution in [0.25, 0.3) is 11.4 Å². The van der Waals surface area contributed by atoms with Gasteiger partial charge in [0.25, 0.3) is 0 Å². The van der Waals surface area contributed by atoms with E-state index in [4.69, 9.17) is 4.52 Å². The van der Waals surface area contributed by atoms with Crippen LogP contribution < -0.4 is 10.6 Å². The van der Waals surface area contributed by atoms with Gasteiger partial charge in [-0.2, -0.15) is 4.98 Å². The zero-order valence-electron chi connectivity index (χ0n) is 14.1. The van der Waals surface area contributed by atoms with Crippen LogP contribution in [-0.4, -0.2) is 27.2 Å². The van der Waals surface area contributed by atoms with Crippen molar-refractivity contribution in [2.75, 3.05) is 5.32 Å². The molecule has 138 valence electrons. The van der Waals surface area contributed by atoms with Crippen molar-refractivity contribution in [2.45, 2.75) is 13.0 Å². The number of aromatic nitrogens is 2. The number of carbonyl (C=O) groups excluding carboxylic acids is 1. The van der Waals surface area contributed by atoms with Gasteiger partial charge in [0.1, 0.15) is 0 Å². The lowest BCUT2D eigenvalue weighted by molar-refractivity contribution is -0.139. The van der Waals surface area contributed by atoms with Crippen LogP contribution in [0.5, 0.6) is 0 Å². The minimum absolute atomic E-state index is 0.396. The molecule has 9 heteroatoms. The Hall–Kier alpha value is -3.20. The van der Waals surface area contributed by atoms with E-state index in [1.807, 2.05) is 0 Å². The molecule has 0 aliphatic carbocycles. The summed E-state index contributed by atoms with van der Waals surface area (Å²) in [5, 5.41) is 18.4. The van der Waals surface area contributed by atoms with Gasteiger partial charge in [-0.25, -0.2) is 9.59 Å². The second kappa shape index (κ2) is 8.00. The predicted molar refractivity (Wildman–Crippen MR) is 101 cm³/mol. The van der Waals surface area contributed by atoms with Gasteiger partial charge in [0.2, 0.25) is 11.7 Å². The van der Waals surface area contributed by atoms with Crippen molar-refractivity contribution in [2.24, 2.45) is 0 Å². The highest BCUT2D eigenvalue weighted by Gasteiger charge is 2.24. The molecule has 0 fully saturated rings. The van der Waals surface area contributed by atoms with Crippen molar-refractivity contribution >= 4 is 33.6 Å². The summed E-state index contributed by atoms with van der Waals surface area (Å²) in [6.45, 7) is 1.68. The summed E-state index contributed by atoms with van der Waals surface area (Å²) in [7, 11) is 0. The molecule has 2 amide bonds. The van der Waals surface area contributed by atoms with Gasteiger partial charge in [-0.3, -0.25) is 0 Å². The number of nitrogens with zero attached hydrogens (tertiary/aromatic N) is 2. The van der Waals surface area contributed by atoms with E-state index >= 15 is 0 Å². The van der Waals surface area contributed by atoms with Gasteiger partial charge in [-0.1, -0.05) is 51.4 Å². The second-order valence-electron chi connectivity index (χ2n) is 5.61. The standard InChI is InChI=1S/C18H15BrN4O4/c1-10-20-16(23-27-10)11-5-4-6-12(9-11)21-18(26)22-15(17(24)25)13-7-2-3-8-14(13)19/h2-9,15H,1H3,(H,24,25)(H2,21,22,26). The number of anilines is 1. The molecule has 27 heavy (non-hydrogen) atoms. The minimum atomic E-state index is -1.20. The quantitative estimate of drug-likeness (QED) is 0.567. The van der Waals surface area contributed by atoms with E-state index in [2.05, 4.69) is 36.7 Å². The molecule has 0 spiro atoms. The molecule has 0 saturated heterocycles. The Morgan fingerprint density at radius 2 is 1.96 bits per heavy atom. The summed E-state index contributed by atoms with van der Waals surface area (Å²) >= 11 is 3.30. The molecule has 3 N–H and O–H groups in total. The van der Waals surface area contributed by atoms with Gasteiger partial charge in [0, 0.05) is 22.6 Å². The Bertz CT molecular complexity index is 989. The summed E-state index contributed by atoms with van der Waals surface area (Å²) < 4.78 is 5.54. The number of carboxylic acid groups (broad SMARTS) is 1. The number of amides is 2. The van der Waals surface area contributed by atoms with Crippen LogP contribution in [0.4, 0.5) is 10.5 Å². The van der Waals surface area contributed by atoms with Crippen molar-refractivity contribution in [1.29, 1.82) is 0 Å². The number of aliphatic carboxylic acids is 1. The van der Waals surface area contributed by atoms with Crippen molar-refractivity contribution < 1.29 is 19.2 Å². The largest absolute Gasteiger partial charge is 0.479 e. The highest BCUT2D eigenvalue weighted by Crippen LogP contribution is 2.24. The normalized spacial score (nSPS) is 11.6. The van der Waals surface area contributed by atoms with E-state index in [1.54, 1.807) is 55.5 Å². The Labute approximate surface area is 162 Å². The molecule has 8 nitrogen and oxygen atoms in total. The molecule has 2 aromatic carbocycles. The molecule has 1 aromatic heterocycles. The van der Waals surface area contributed by atoms with Crippen LogP contribution in [0.2, 0.25) is 0 Å². The molecule has 0 radical (unpaired) electrons. The van der Waals surface area contributed by atoms with Crippen LogP contribution >= 0.6 is 15.9 Å². The van der Waals surface area contributed by atoms with Crippen LogP contribution in [0, 0.1) is 6.92 Å². The smallest absolute Gasteiger partial charge is 0.331 e. The van der Waals surface area contributed by atoms with E-state index in [-0.39, 0.29) is 0 Å². The zero-order chi connectivity index (χ0) is 19.4. The molecule has 1 heterocycles. The molecule has 1 atom stereocenters. The maximum Gasteiger partial charge on any atom is 0.331 e. The Morgan fingerprint density at radius 1 is 1.19 bits per heavy atom. The summed E-state index contributed by atoms with van der Waals surface area (Å²) in [6.07, 6.45) is 0.